The summed E-state index contributed by atoms with van der Waals surface area (Å²) < 4.78 is 35.2. The van der Waals surface area contributed by atoms with Gasteiger partial charge in [-0.1, -0.05) is 0 Å². The van der Waals surface area contributed by atoms with Crippen LogP contribution >= 0.6 is 0 Å². The lowest BCUT2D eigenvalue weighted by molar-refractivity contribution is -0.385. The van der Waals surface area contributed by atoms with Gasteiger partial charge in [-0.25, -0.2) is 12.8 Å². The van der Waals surface area contributed by atoms with Crippen molar-refractivity contribution in [1.82, 2.24) is 4.83 Å². The fourth-order valence-electron chi connectivity index (χ4n) is 0.875. The van der Waals surface area contributed by atoms with Gasteiger partial charge < -0.3 is 0 Å². The highest BCUT2D eigenvalue weighted by atomic mass is 32.2. The molecule has 0 unspecified atom stereocenters. The Labute approximate surface area is 83.9 Å². The van der Waals surface area contributed by atoms with E-state index in [1.807, 2.05) is 0 Å². The third-order valence-electron chi connectivity index (χ3n) is 1.57. The molecule has 1 rings (SSSR count). The number of nitrogens with zero attached hydrogens (tertiary/aromatic N) is 1. The van der Waals surface area contributed by atoms with Crippen LogP contribution in [-0.2, 0) is 10.0 Å². The van der Waals surface area contributed by atoms with Gasteiger partial charge in [-0.05, 0) is 6.07 Å². The second-order valence-electron chi connectivity index (χ2n) is 2.49. The fourth-order valence-corrected chi connectivity index (χ4v) is 1.60. The molecule has 0 fully saturated rings. The number of halogens is 1. The lowest BCUT2D eigenvalue weighted by Crippen LogP contribution is -2.30. The lowest BCUT2D eigenvalue weighted by atomic mass is 10.3. The first kappa shape index (κ1) is 11.5. The van der Waals surface area contributed by atoms with E-state index in [9.17, 15) is 22.9 Å². The third kappa shape index (κ3) is 2.26. The Bertz CT molecular complexity index is 501. The summed E-state index contributed by atoms with van der Waals surface area (Å²) in [6.45, 7) is 0. The Morgan fingerprint density at radius 2 is 2.07 bits per heavy atom. The van der Waals surface area contributed by atoms with E-state index in [1.165, 1.54) is 4.83 Å². The van der Waals surface area contributed by atoms with Crippen LogP contribution in [-0.4, -0.2) is 13.3 Å². The minimum Gasteiger partial charge on any atom is -0.258 e. The second kappa shape index (κ2) is 3.88. The zero-order chi connectivity index (χ0) is 11.6. The van der Waals surface area contributed by atoms with Gasteiger partial charge in [0.25, 0.3) is 15.7 Å². The molecule has 0 saturated carbocycles. The van der Waals surface area contributed by atoms with Crippen molar-refractivity contribution in [2.45, 2.75) is 4.90 Å². The van der Waals surface area contributed by atoms with Crippen molar-refractivity contribution in [3.05, 3.63) is 34.1 Å². The SMILES string of the molecule is NNS(=O)(=O)c1cc([N+](=O)[O-])ccc1F. The molecule has 0 saturated heterocycles. The maximum absolute atomic E-state index is 13.0. The molecule has 0 aliphatic carbocycles. The Morgan fingerprint density at radius 1 is 1.47 bits per heavy atom. The quantitative estimate of drug-likeness (QED) is 0.430. The molecule has 0 atom stereocenters. The summed E-state index contributed by atoms with van der Waals surface area (Å²) in [6.07, 6.45) is 0. The topological polar surface area (TPSA) is 115 Å². The molecule has 0 heterocycles. The number of sulfonamides is 1. The summed E-state index contributed by atoms with van der Waals surface area (Å²) in [6, 6.07) is 2.12. The van der Waals surface area contributed by atoms with Crippen LogP contribution in [0.2, 0.25) is 0 Å². The van der Waals surface area contributed by atoms with E-state index in [-0.39, 0.29) is 0 Å². The van der Waals surface area contributed by atoms with E-state index in [1.54, 1.807) is 0 Å². The molecule has 3 N–H and O–H groups in total. The van der Waals surface area contributed by atoms with Crippen molar-refractivity contribution in [3.8, 4) is 0 Å². The molecule has 0 aliphatic heterocycles. The first-order valence-electron chi connectivity index (χ1n) is 3.55. The highest BCUT2D eigenvalue weighted by Gasteiger charge is 2.21. The largest absolute Gasteiger partial charge is 0.270 e. The monoisotopic (exact) mass is 235 g/mol. The molecule has 7 nitrogen and oxygen atoms in total. The molecule has 0 spiro atoms. The van der Waals surface area contributed by atoms with Crippen LogP contribution in [0.3, 0.4) is 0 Å². The van der Waals surface area contributed by atoms with E-state index < -0.39 is 31.3 Å². The van der Waals surface area contributed by atoms with Gasteiger partial charge in [-0.3, -0.25) is 16.0 Å². The van der Waals surface area contributed by atoms with Crippen molar-refractivity contribution < 1.29 is 17.7 Å². The van der Waals surface area contributed by atoms with Crippen LogP contribution in [0.25, 0.3) is 0 Å². The van der Waals surface area contributed by atoms with E-state index >= 15 is 0 Å². The molecular formula is C6H6FN3O4S. The second-order valence-corrected chi connectivity index (χ2v) is 4.18. The van der Waals surface area contributed by atoms with Crippen LogP contribution < -0.4 is 10.7 Å². The molecule has 82 valence electrons. The normalized spacial score (nSPS) is 11.3. The number of hydrazine groups is 1. The van der Waals surface area contributed by atoms with Crippen LogP contribution in [0.4, 0.5) is 10.1 Å². The molecule has 0 aromatic heterocycles. The van der Waals surface area contributed by atoms with E-state index in [4.69, 9.17) is 0 Å². The molecule has 15 heavy (non-hydrogen) atoms. The summed E-state index contributed by atoms with van der Waals surface area (Å²) in [7, 11) is -4.24. The predicted molar refractivity (Wildman–Crippen MR) is 47.6 cm³/mol. The van der Waals surface area contributed by atoms with Crippen molar-refractivity contribution >= 4 is 15.7 Å². The number of hydrogen-bond donors (Lipinski definition) is 2. The number of nitro benzene ring substituents is 1. The third-order valence-corrected chi connectivity index (χ3v) is 2.77. The summed E-state index contributed by atoms with van der Waals surface area (Å²) in [5.41, 5.74) is -0.537. The van der Waals surface area contributed by atoms with Crippen LogP contribution in [0.15, 0.2) is 23.1 Å². The summed E-state index contributed by atoms with van der Waals surface area (Å²) in [5.74, 6) is 3.55. The van der Waals surface area contributed by atoms with Gasteiger partial charge in [0.1, 0.15) is 10.7 Å². The first-order valence-corrected chi connectivity index (χ1v) is 5.03. The highest BCUT2D eigenvalue weighted by Crippen LogP contribution is 2.20. The number of benzene rings is 1. The zero-order valence-corrected chi connectivity index (χ0v) is 7.99. The number of nitrogens with two attached hydrogens (primary N) is 1. The smallest absolute Gasteiger partial charge is 0.258 e. The van der Waals surface area contributed by atoms with Gasteiger partial charge in [0.05, 0.1) is 4.92 Å². The first-order chi connectivity index (χ1) is 6.88. The maximum atomic E-state index is 13.0. The minimum absolute atomic E-state index is 0.537. The standard InChI is InChI=1S/C6H6FN3O4S/c7-5-2-1-4(10(11)12)3-6(5)15(13,14)9-8/h1-3,9H,8H2. The maximum Gasteiger partial charge on any atom is 0.270 e. The average Bonchev–Trinajstić information content (AvgIpc) is 2.17. The number of nitro groups is 1. The van der Waals surface area contributed by atoms with E-state index in [0.29, 0.717) is 12.1 Å². The lowest BCUT2D eigenvalue weighted by Gasteiger charge is -2.02. The molecule has 0 radical (unpaired) electrons. The fraction of sp³-hybridized carbons (Fsp3) is 0. The molecule has 0 aliphatic rings. The number of nitrogens with one attached hydrogen (secondary N) is 1. The molecule has 0 amide bonds. The summed E-state index contributed by atoms with van der Waals surface area (Å²) in [5, 5.41) is 10.3. The predicted octanol–water partition coefficient (Wildman–Crippen LogP) is -0.114. The van der Waals surface area contributed by atoms with Gasteiger partial charge in [0.2, 0.25) is 0 Å². The van der Waals surface area contributed by atoms with Gasteiger partial charge in [-0.2, -0.15) is 0 Å². The molecule has 0 bridgehead atoms. The molecule has 1 aromatic rings. The Kier molecular flexibility index (Phi) is 2.98. The van der Waals surface area contributed by atoms with Crippen molar-refractivity contribution in [3.63, 3.8) is 0 Å². The van der Waals surface area contributed by atoms with Gasteiger partial charge in [-0.15, -0.1) is 4.83 Å². The number of hydrogen-bond acceptors (Lipinski definition) is 5. The van der Waals surface area contributed by atoms with Gasteiger partial charge >= 0.3 is 0 Å². The minimum atomic E-state index is -4.24. The highest BCUT2D eigenvalue weighted by molar-refractivity contribution is 7.89. The van der Waals surface area contributed by atoms with Crippen molar-refractivity contribution in [2.75, 3.05) is 0 Å². The van der Waals surface area contributed by atoms with Crippen molar-refractivity contribution in [2.24, 2.45) is 5.84 Å². The molecule has 1 aromatic carbocycles. The van der Waals surface area contributed by atoms with Gasteiger partial charge in [0.15, 0.2) is 0 Å². The Balaban J connectivity index is 3.42. The zero-order valence-electron chi connectivity index (χ0n) is 7.18. The van der Waals surface area contributed by atoms with Crippen LogP contribution in [0, 0.1) is 15.9 Å². The Hall–Kier alpha value is -1.58. The van der Waals surface area contributed by atoms with Gasteiger partial charge in [0, 0.05) is 12.1 Å². The number of non-ortho nitro benzene ring substituents is 1. The van der Waals surface area contributed by atoms with E-state index in [2.05, 4.69) is 5.84 Å². The average molecular weight is 235 g/mol. The van der Waals surface area contributed by atoms with Crippen LogP contribution in [0.5, 0.6) is 0 Å². The molecular weight excluding hydrogens is 229 g/mol. The summed E-state index contributed by atoms with van der Waals surface area (Å²) >= 11 is 0. The van der Waals surface area contributed by atoms with E-state index in [0.717, 1.165) is 6.07 Å². The van der Waals surface area contributed by atoms with Crippen LogP contribution in [0.1, 0.15) is 0 Å². The molecule has 9 heteroatoms. The summed E-state index contributed by atoms with van der Waals surface area (Å²) in [4.78, 5) is 9.99. The Morgan fingerprint density at radius 3 is 2.53 bits per heavy atom. The number of rotatable bonds is 3. The van der Waals surface area contributed by atoms with Crippen molar-refractivity contribution in [1.29, 1.82) is 0 Å².